The molecule has 0 aromatic heterocycles. The van der Waals surface area contributed by atoms with Crippen LogP contribution in [0.4, 0.5) is 0 Å². The third-order valence-corrected chi connectivity index (χ3v) is 4.09. The molecule has 4 heteroatoms. The van der Waals surface area contributed by atoms with Gasteiger partial charge in [0, 0.05) is 46.0 Å². The summed E-state index contributed by atoms with van der Waals surface area (Å²) in [6.45, 7) is 9.47. The summed E-state index contributed by atoms with van der Waals surface area (Å²) in [4.78, 5) is 2.60. The Morgan fingerprint density at radius 1 is 1.16 bits per heavy atom. The second-order valence-electron chi connectivity index (χ2n) is 5.71. The Balaban J connectivity index is 2.26. The van der Waals surface area contributed by atoms with Crippen LogP contribution >= 0.6 is 0 Å². The van der Waals surface area contributed by atoms with E-state index in [4.69, 9.17) is 9.47 Å². The Labute approximate surface area is 118 Å². The molecule has 4 nitrogen and oxygen atoms in total. The molecule has 114 valence electrons. The molecule has 0 aromatic rings. The molecule has 0 heterocycles. The number of nitrogens with zero attached hydrogens (tertiary/aromatic N) is 1. The molecule has 2 unspecified atom stereocenters. The van der Waals surface area contributed by atoms with Crippen molar-refractivity contribution < 1.29 is 9.47 Å². The van der Waals surface area contributed by atoms with Gasteiger partial charge >= 0.3 is 0 Å². The molecule has 0 radical (unpaired) electrons. The average molecular weight is 272 g/mol. The molecule has 1 fully saturated rings. The SMILES string of the molecule is COCCCNCC(C)N(CCOC)C(C)C1CC1. The Morgan fingerprint density at radius 2 is 1.84 bits per heavy atom. The van der Waals surface area contributed by atoms with Crippen LogP contribution < -0.4 is 5.32 Å². The molecule has 1 aliphatic carbocycles. The first kappa shape index (κ1) is 16.9. The number of nitrogens with one attached hydrogen (secondary N) is 1. The van der Waals surface area contributed by atoms with Gasteiger partial charge in [0.25, 0.3) is 0 Å². The van der Waals surface area contributed by atoms with E-state index in [2.05, 4.69) is 24.1 Å². The van der Waals surface area contributed by atoms with Gasteiger partial charge in [-0.05, 0) is 45.6 Å². The van der Waals surface area contributed by atoms with Gasteiger partial charge in [-0.2, -0.15) is 0 Å². The van der Waals surface area contributed by atoms with E-state index >= 15 is 0 Å². The summed E-state index contributed by atoms with van der Waals surface area (Å²) < 4.78 is 10.3. The smallest absolute Gasteiger partial charge is 0.0589 e. The fourth-order valence-electron chi connectivity index (χ4n) is 2.64. The molecule has 19 heavy (non-hydrogen) atoms. The van der Waals surface area contributed by atoms with Crippen LogP contribution in [0.15, 0.2) is 0 Å². The molecule has 0 bridgehead atoms. The maximum absolute atomic E-state index is 5.25. The number of methoxy groups -OCH3 is 2. The van der Waals surface area contributed by atoms with Crippen LogP contribution in [-0.4, -0.2) is 64.1 Å². The first-order chi connectivity index (χ1) is 9.20. The topological polar surface area (TPSA) is 33.7 Å². The summed E-state index contributed by atoms with van der Waals surface area (Å²) in [5.74, 6) is 0.910. The van der Waals surface area contributed by atoms with Crippen molar-refractivity contribution in [1.82, 2.24) is 10.2 Å². The predicted octanol–water partition coefficient (Wildman–Crippen LogP) is 1.75. The minimum Gasteiger partial charge on any atom is -0.385 e. The standard InChI is InChI=1S/C15H32N2O2/c1-13(12-16-8-5-10-18-3)17(9-11-19-4)14(2)15-6-7-15/h13-16H,5-12H2,1-4H3. The molecular weight excluding hydrogens is 240 g/mol. The van der Waals surface area contributed by atoms with Gasteiger partial charge in [0.15, 0.2) is 0 Å². The third kappa shape index (κ3) is 6.70. The first-order valence-electron chi connectivity index (χ1n) is 7.65. The minimum atomic E-state index is 0.563. The van der Waals surface area contributed by atoms with Crippen LogP contribution in [0.3, 0.4) is 0 Å². The van der Waals surface area contributed by atoms with E-state index < -0.39 is 0 Å². The van der Waals surface area contributed by atoms with Crippen LogP contribution in [-0.2, 0) is 9.47 Å². The summed E-state index contributed by atoms with van der Waals surface area (Å²) in [5, 5.41) is 3.53. The van der Waals surface area contributed by atoms with Crippen molar-refractivity contribution in [2.75, 3.05) is 47.1 Å². The maximum Gasteiger partial charge on any atom is 0.0589 e. The highest BCUT2D eigenvalue weighted by Crippen LogP contribution is 2.35. The van der Waals surface area contributed by atoms with Crippen molar-refractivity contribution in [2.45, 2.75) is 45.2 Å². The largest absolute Gasteiger partial charge is 0.385 e. The fourth-order valence-corrected chi connectivity index (χ4v) is 2.64. The lowest BCUT2D eigenvalue weighted by molar-refractivity contribution is 0.0866. The summed E-state index contributed by atoms with van der Waals surface area (Å²) in [6, 6.07) is 1.25. The molecule has 0 spiro atoms. The van der Waals surface area contributed by atoms with Crippen LogP contribution in [0.5, 0.6) is 0 Å². The van der Waals surface area contributed by atoms with Crippen LogP contribution in [0, 0.1) is 5.92 Å². The highest BCUT2D eigenvalue weighted by Gasteiger charge is 2.33. The highest BCUT2D eigenvalue weighted by atomic mass is 16.5. The van der Waals surface area contributed by atoms with Crippen molar-refractivity contribution in [3.05, 3.63) is 0 Å². The van der Waals surface area contributed by atoms with E-state index in [0.29, 0.717) is 12.1 Å². The Hall–Kier alpha value is -0.160. The zero-order valence-corrected chi connectivity index (χ0v) is 13.2. The Kier molecular flexibility index (Phi) is 8.62. The van der Waals surface area contributed by atoms with Crippen LogP contribution in [0.2, 0.25) is 0 Å². The lowest BCUT2D eigenvalue weighted by Gasteiger charge is -2.35. The van der Waals surface area contributed by atoms with Gasteiger partial charge in [-0.1, -0.05) is 0 Å². The zero-order valence-electron chi connectivity index (χ0n) is 13.2. The second-order valence-corrected chi connectivity index (χ2v) is 5.71. The minimum absolute atomic E-state index is 0.563. The van der Waals surface area contributed by atoms with Gasteiger partial charge in [-0.3, -0.25) is 4.90 Å². The second kappa shape index (κ2) is 9.70. The van der Waals surface area contributed by atoms with Gasteiger partial charge in [0.1, 0.15) is 0 Å². The van der Waals surface area contributed by atoms with E-state index in [0.717, 1.165) is 45.2 Å². The molecule has 1 rings (SSSR count). The quantitative estimate of drug-likeness (QED) is 0.549. The Bertz CT molecular complexity index is 222. The summed E-state index contributed by atoms with van der Waals surface area (Å²) >= 11 is 0. The van der Waals surface area contributed by atoms with E-state index in [-0.39, 0.29) is 0 Å². The van der Waals surface area contributed by atoms with Crippen molar-refractivity contribution in [3.63, 3.8) is 0 Å². The van der Waals surface area contributed by atoms with E-state index in [9.17, 15) is 0 Å². The number of ether oxygens (including phenoxy) is 2. The molecule has 1 N–H and O–H groups in total. The van der Waals surface area contributed by atoms with E-state index in [1.807, 2.05) is 0 Å². The number of hydrogen-bond donors (Lipinski definition) is 1. The van der Waals surface area contributed by atoms with E-state index in [1.54, 1.807) is 14.2 Å². The molecule has 1 aliphatic rings. The molecule has 2 atom stereocenters. The molecule has 0 aromatic carbocycles. The van der Waals surface area contributed by atoms with Crippen molar-refractivity contribution in [3.8, 4) is 0 Å². The highest BCUT2D eigenvalue weighted by molar-refractivity contribution is 4.87. The lowest BCUT2D eigenvalue weighted by Crippen LogP contribution is -2.47. The van der Waals surface area contributed by atoms with Gasteiger partial charge in [0.2, 0.25) is 0 Å². The molecule has 0 saturated heterocycles. The van der Waals surface area contributed by atoms with E-state index in [1.165, 1.54) is 12.8 Å². The predicted molar refractivity (Wildman–Crippen MR) is 79.6 cm³/mol. The fraction of sp³-hybridized carbons (Fsp3) is 1.00. The third-order valence-electron chi connectivity index (χ3n) is 4.09. The first-order valence-corrected chi connectivity index (χ1v) is 7.65. The van der Waals surface area contributed by atoms with Crippen molar-refractivity contribution >= 4 is 0 Å². The summed E-state index contributed by atoms with van der Waals surface area (Å²) in [5.41, 5.74) is 0. The van der Waals surface area contributed by atoms with Gasteiger partial charge in [-0.15, -0.1) is 0 Å². The van der Waals surface area contributed by atoms with Gasteiger partial charge in [0.05, 0.1) is 6.61 Å². The molecule has 1 saturated carbocycles. The van der Waals surface area contributed by atoms with Crippen LogP contribution in [0.1, 0.15) is 33.1 Å². The molecule has 0 aliphatic heterocycles. The normalized spacial score (nSPS) is 18.8. The lowest BCUT2D eigenvalue weighted by atomic mass is 10.1. The van der Waals surface area contributed by atoms with Crippen molar-refractivity contribution in [2.24, 2.45) is 5.92 Å². The zero-order chi connectivity index (χ0) is 14.1. The van der Waals surface area contributed by atoms with Crippen LogP contribution in [0.25, 0.3) is 0 Å². The molecular formula is C15H32N2O2. The summed E-state index contributed by atoms with van der Waals surface area (Å²) in [7, 11) is 3.54. The summed E-state index contributed by atoms with van der Waals surface area (Å²) in [6.07, 6.45) is 3.89. The number of hydrogen-bond acceptors (Lipinski definition) is 4. The molecule has 0 amide bonds. The Morgan fingerprint density at radius 3 is 2.42 bits per heavy atom. The maximum atomic E-state index is 5.25. The van der Waals surface area contributed by atoms with Crippen molar-refractivity contribution in [1.29, 1.82) is 0 Å². The monoisotopic (exact) mass is 272 g/mol. The van der Waals surface area contributed by atoms with Gasteiger partial charge < -0.3 is 14.8 Å². The average Bonchev–Trinajstić information content (AvgIpc) is 3.23. The van der Waals surface area contributed by atoms with Gasteiger partial charge in [-0.25, -0.2) is 0 Å². The number of rotatable bonds is 12.